The Morgan fingerprint density at radius 1 is 1.31 bits per heavy atom. The van der Waals surface area contributed by atoms with Crippen LogP contribution in [0.1, 0.15) is 39.0 Å². The summed E-state index contributed by atoms with van der Waals surface area (Å²) in [5.41, 5.74) is 0. The molecule has 0 saturated heterocycles. The molecular weight excluding hydrogens is 168 g/mol. The fraction of sp³-hybridized carbons (Fsp3) is 0.900. The number of rotatable bonds is 3. The van der Waals surface area contributed by atoms with E-state index in [4.69, 9.17) is 5.11 Å². The minimum atomic E-state index is -0.891. The van der Waals surface area contributed by atoms with E-state index in [1.165, 1.54) is 6.42 Å². The largest absolute Gasteiger partial charge is 0.481 e. The first-order valence-corrected chi connectivity index (χ1v) is 5.04. The van der Waals surface area contributed by atoms with Crippen LogP contribution in [0.2, 0.25) is 0 Å². The summed E-state index contributed by atoms with van der Waals surface area (Å²) in [6.07, 6.45) is 4.81. The monoisotopic (exact) mass is 186 g/mol. The van der Waals surface area contributed by atoms with Gasteiger partial charge in [0.1, 0.15) is 0 Å². The number of hydrogen-bond donors (Lipinski definition) is 2. The van der Waals surface area contributed by atoms with Crippen LogP contribution in [-0.2, 0) is 4.79 Å². The van der Waals surface area contributed by atoms with Crippen LogP contribution >= 0.6 is 0 Å². The lowest BCUT2D eigenvalue weighted by molar-refractivity contribution is -0.146. The van der Waals surface area contributed by atoms with Crippen molar-refractivity contribution in [3.8, 4) is 0 Å². The molecule has 0 spiro atoms. The zero-order valence-electron chi connectivity index (χ0n) is 8.07. The molecule has 76 valence electrons. The molecule has 0 aromatic rings. The highest BCUT2D eigenvalue weighted by atomic mass is 16.4. The third-order valence-corrected chi connectivity index (χ3v) is 3.03. The maximum Gasteiger partial charge on any atom is 0.308 e. The Morgan fingerprint density at radius 3 is 2.31 bits per heavy atom. The van der Waals surface area contributed by atoms with E-state index in [0.29, 0.717) is 0 Å². The first-order chi connectivity index (χ1) is 6.13. The number of hydrogen-bond acceptors (Lipinski definition) is 2. The van der Waals surface area contributed by atoms with Crippen LogP contribution < -0.4 is 0 Å². The molecule has 0 bridgehead atoms. The molecule has 1 aliphatic carbocycles. The van der Waals surface area contributed by atoms with E-state index in [0.717, 1.165) is 25.7 Å². The van der Waals surface area contributed by atoms with Crippen molar-refractivity contribution in [2.75, 3.05) is 0 Å². The number of carbonyl (C=O) groups is 1. The predicted molar refractivity (Wildman–Crippen MR) is 49.4 cm³/mol. The number of aliphatic hydroxyl groups is 1. The lowest BCUT2D eigenvalue weighted by atomic mass is 9.81. The lowest BCUT2D eigenvalue weighted by Crippen LogP contribution is -2.33. The molecule has 0 heterocycles. The average molecular weight is 186 g/mol. The topological polar surface area (TPSA) is 57.5 Å². The molecule has 0 aromatic carbocycles. The normalized spacial score (nSPS) is 23.8. The molecule has 13 heavy (non-hydrogen) atoms. The Bertz CT molecular complexity index is 173. The number of aliphatic hydroxyl groups excluding tert-OH is 1. The fourth-order valence-corrected chi connectivity index (χ4v) is 2.03. The standard InChI is InChI=1S/C10H18O3/c1-7(10(12)13)9(11)8-5-3-2-4-6-8/h7-9,11H,2-6H2,1H3,(H,12,13). The second kappa shape index (κ2) is 4.61. The van der Waals surface area contributed by atoms with Crippen molar-refractivity contribution >= 4 is 5.97 Å². The maximum atomic E-state index is 10.6. The molecule has 0 aromatic heterocycles. The van der Waals surface area contributed by atoms with Crippen molar-refractivity contribution in [2.24, 2.45) is 11.8 Å². The highest BCUT2D eigenvalue weighted by Gasteiger charge is 2.29. The van der Waals surface area contributed by atoms with Gasteiger partial charge in [0.05, 0.1) is 12.0 Å². The number of carboxylic acid groups (broad SMARTS) is 1. The molecule has 1 aliphatic rings. The number of aliphatic carboxylic acids is 1. The molecule has 2 unspecified atom stereocenters. The van der Waals surface area contributed by atoms with Gasteiger partial charge in [0.25, 0.3) is 0 Å². The summed E-state index contributed by atoms with van der Waals surface area (Å²) in [5, 5.41) is 18.5. The minimum absolute atomic E-state index is 0.208. The third-order valence-electron chi connectivity index (χ3n) is 3.03. The fourth-order valence-electron chi connectivity index (χ4n) is 2.03. The third kappa shape index (κ3) is 2.69. The summed E-state index contributed by atoms with van der Waals surface area (Å²) < 4.78 is 0. The van der Waals surface area contributed by atoms with Gasteiger partial charge in [0, 0.05) is 0 Å². The Morgan fingerprint density at radius 2 is 1.85 bits per heavy atom. The Labute approximate surface area is 78.8 Å². The molecule has 1 saturated carbocycles. The minimum Gasteiger partial charge on any atom is -0.481 e. The van der Waals surface area contributed by atoms with E-state index >= 15 is 0 Å². The van der Waals surface area contributed by atoms with Crippen LogP contribution in [0.15, 0.2) is 0 Å². The molecule has 3 heteroatoms. The van der Waals surface area contributed by atoms with Crippen molar-refractivity contribution < 1.29 is 15.0 Å². The summed E-state index contributed by atoms with van der Waals surface area (Å²) in [4.78, 5) is 10.6. The van der Waals surface area contributed by atoms with E-state index in [2.05, 4.69) is 0 Å². The predicted octanol–water partition coefficient (Wildman–Crippen LogP) is 1.65. The zero-order valence-corrected chi connectivity index (χ0v) is 8.07. The van der Waals surface area contributed by atoms with Crippen LogP contribution in [0.4, 0.5) is 0 Å². The van der Waals surface area contributed by atoms with Crippen molar-refractivity contribution in [2.45, 2.75) is 45.1 Å². The summed E-state index contributed by atoms with van der Waals surface area (Å²) in [6, 6.07) is 0. The van der Waals surface area contributed by atoms with E-state index in [9.17, 15) is 9.90 Å². The highest BCUT2D eigenvalue weighted by molar-refractivity contribution is 5.70. The quantitative estimate of drug-likeness (QED) is 0.704. The second-order valence-electron chi connectivity index (χ2n) is 4.02. The smallest absolute Gasteiger partial charge is 0.308 e. The van der Waals surface area contributed by atoms with E-state index in [1.54, 1.807) is 6.92 Å². The Kier molecular flexibility index (Phi) is 3.72. The molecule has 0 radical (unpaired) electrons. The molecule has 0 amide bonds. The van der Waals surface area contributed by atoms with Crippen LogP contribution in [0.3, 0.4) is 0 Å². The number of carboxylic acids is 1. The van der Waals surface area contributed by atoms with Crippen LogP contribution in [0.25, 0.3) is 0 Å². The van der Waals surface area contributed by atoms with Gasteiger partial charge in [-0.3, -0.25) is 4.79 Å². The van der Waals surface area contributed by atoms with Gasteiger partial charge in [-0.05, 0) is 25.7 Å². The summed E-state index contributed by atoms with van der Waals surface area (Å²) in [5.74, 6) is -1.30. The van der Waals surface area contributed by atoms with Crippen LogP contribution in [-0.4, -0.2) is 22.3 Å². The Balaban J connectivity index is 2.44. The SMILES string of the molecule is CC(C(=O)O)C(O)C1CCCCC1. The summed E-state index contributed by atoms with van der Waals surface area (Å²) in [7, 11) is 0. The van der Waals surface area contributed by atoms with Crippen molar-refractivity contribution in [3.63, 3.8) is 0 Å². The molecule has 2 atom stereocenters. The van der Waals surface area contributed by atoms with Crippen LogP contribution in [0.5, 0.6) is 0 Å². The lowest BCUT2D eigenvalue weighted by Gasteiger charge is -2.28. The highest BCUT2D eigenvalue weighted by Crippen LogP contribution is 2.29. The average Bonchev–Trinajstić information content (AvgIpc) is 2.17. The molecular formula is C10H18O3. The first kappa shape index (κ1) is 10.5. The first-order valence-electron chi connectivity index (χ1n) is 5.04. The summed E-state index contributed by atoms with van der Waals surface area (Å²) in [6.45, 7) is 1.58. The van der Waals surface area contributed by atoms with E-state index in [1.807, 2.05) is 0 Å². The van der Waals surface area contributed by atoms with Gasteiger partial charge < -0.3 is 10.2 Å². The molecule has 1 rings (SSSR count). The zero-order chi connectivity index (χ0) is 9.84. The molecule has 1 fully saturated rings. The van der Waals surface area contributed by atoms with Gasteiger partial charge in [-0.1, -0.05) is 19.3 Å². The van der Waals surface area contributed by atoms with Gasteiger partial charge in [-0.25, -0.2) is 0 Å². The molecule has 3 nitrogen and oxygen atoms in total. The van der Waals surface area contributed by atoms with Gasteiger partial charge >= 0.3 is 5.97 Å². The van der Waals surface area contributed by atoms with Gasteiger partial charge in [-0.15, -0.1) is 0 Å². The summed E-state index contributed by atoms with van der Waals surface area (Å²) >= 11 is 0. The van der Waals surface area contributed by atoms with Crippen molar-refractivity contribution in [3.05, 3.63) is 0 Å². The van der Waals surface area contributed by atoms with Gasteiger partial charge in [0.15, 0.2) is 0 Å². The van der Waals surface area contributed by atoms with Gasteiger partial charge in [0.2, 0.25) is 0 Å². The van der Waals surface area contributed by atoms with E-state index < -0.39 is 18.0 Å². The Hall–Kier alpha value is -0.570. The maximum absolute atomic E-state index is 10.6. The van der Waals surface area contributed by atoms with Crippen molar-refractivity contribution in [1.29, 1.82) is 0 Å². The van der Waals surface area contributed by atoms with E-state index in [-0.39, 0.29) is 5.92 Å². The molecule has 2 N–H and O–H groups in total. The van der Waals surface area contributed by atoms with Gasteiger partial charge in [-0.2, -0.15) is 0 Å². The second-order valence-corrected chi connectivity index (χ2v) is 4.02. The van der Waals surface area contributed by atoms with Crippen molar-refractivity contribution in [1.82, 2.24) is 0 Å². The molecule has 0 aliphatic heterocycles. The van der Waals surface area contributed by atoms with Crippen LogP contribution in [0, 0.1) is 11.8 Å².